The summed E-state index contributed by atoms with van der Waals surface area (Å²) >= 11 is 1.60. The minimum Gasteiger partial charge on any atom is -0.358 e. The number of nitrogens with zero attached hydrogens (tertiary/aromatic N) is 3. The summed E-state index contributed by atoms with van der Waals surface area (Å²) in [7, 11) is 0. The minimum absolute atomic E-state index is 0.00716. The first-order valence-corrected chi connectivity index (χ1v) is 6.70. The van der Waals surface area contributed by atoms with Gasteiger partial charge in [0.25, 0.3) is 0 Å². The lowest BCUT2D eigenvalue weighted by molar-refractivity contribution is -0.384. The molecule has 0 fully saturated rings. The summed E-state index contributed by atoms with van der Waals surface area (Å²) in [5, 5.41) is 14.8. The van der Waals surface area contributed by atoms with Gasteiger partial charge in [-0.25, -0.2) is 9.97 Å². The quantitative estimate of drug-likeness (QED) is 0.671. The number of hydrogen-bond acceptors (Lipinski definition) is 6. The van der Waals surface area contributed by atoms with Crippen LogP contribution in [0, 0.1) is 17.0 Å². The fourth-order valence-corrected chi connectivity index (χ4v) is 2.38. The molecule has 2 aromatic heterocycles. The Balaban J connectivity index is 2.12. The maximum atomic E-state index is 10.9. The summed E-state index contributed by atoms with van der Waals surface area (Å²) in [6.07, 6.45) is 4.38. The van der Waals surface area contributed by atoms with E-state index in [0.29, 0.717) is 6.54 Å². The van der Waals surface area contributed by atoms with Crippen molar-refractivity contribution in [3.05, 3.63) is 44.0 Å². The van der Waals surface area contributed by atoms with Crippen molar-refractivity contribution in [1.82, 2.24) is 9.97 Å². The lowest BCUT2D eigenvalue weighted by Crippen LogP contribution is -2.04. The van der Waals surface area contributed by atoms with E-state index in [9.17, 15) is 10.1 Å². The maximum Gasteiger partial charge on any atom is 0.311 e. The van der Waals surface area contributed by atoms with Gasteiger partial charge in [-0.2, -0.15) is 0 Å². The summed E-state index contributed by atoms with van der Waals surface area (Å²) < 4.78 is 0. The maximum absolute atomic E-state index is 10.9. The highest BCUT2D eigenvalue weighted by atomic mass is 32.1. The Kier molecular flexibility index (Phi) is 4.06. The van der Waals surface area contributed by atoms with Crippen molar-refractivity contribution in [2.24, 2.45) is 0 Å². The third-order valence-corrected chi connectivity index (χ3v) is 3.70. The van der Waals surface area contributed by atoms with Crippen LogP contribution in [0.1, 0.15) is 22.4 Å². The molecular formula is C12H14N4O2S. The average molecular weight is 278 g/mol. The Bertz CT molecular complexity index is 597. The number of nitro groups is 1. The van der Waals surface area contributed by atoms with Crippen LogP contribution in [-0.2, 0) is 13.0 Å². The zero-order valence-electron chi connectivity index (χ0n) is 10.7. The van der Waals surface area contributed by atoms with Crippen molar-refractivity contribution in [3.63, 3.8) is 0 Å². The Morgan fingerprint density at radius 2 is 2.21 bits per heavy atom. The molecule has 0 atom stereocenters. The highest BCUT2D eigenvalue weighted by molar-refractivity contribution is 7.11. The molecule has 100 valence electrons. The molecule has 0 aliphatic carbocycles. The van der Waals surface area contributed by atoms with Gasteiger partial charge in [0.1, 0.15) is 5.01 Å². The molecule has 0 unspecified atom stereocenters. The number of anilines is 1. The van der Waals surface area contributed by atoms with E-state index in [2.05, 4.69) is 22.2 Å². The van der Waals surface area contributed by atoms with Gasteiger partial charge in [-0.05, 0) is 18.9 Å². The fourth-order valence-electron chi connectivity index (χ4n) is 1.58. The van der Waals surface area contributed by atoms with Crippen molar-refractivity contribution in [1.29, 1.82) is 0 Å². The molecule has 7 heteroatoms. The number of nitrogens with one attached hydrogen (secondary N) is 1. The van der Waals surface area contributed by atoms with Gasteiger partial charge < -0.3 is 5.32 Å². The SMILES string of the molecule is CCc1cnc(CNc2ncc(C)cc2[N+](=O)[O-])s1. The topological polar surface area (TPSA) is 81.0 Å². The lowest BCUT2D eigenvalue weighted by atomic mass is 10.3. The van der Waals surface area contributed by atoms with Crippen molar-refractivity contribution in [3.8, 4) is 0 Å². The number of hydrogen-bond donors (Lipinski definition) is 1. The Morgan fingerprint density at radius 1 is 1.42 bits per heavy atom. The molecule has 0 saturated carbocycles. The van der Waals surface area contributed by atoms with Crippen molar-refractivity contribution in [2.45, 2.75) is 26.8 Å². The second kappa shape index (κ2) is 5.75. The lowest BCUT2D eigenvalue weighted by Gasteiger charge is -2.04. The first-order chi connectivity index (χ1) is 9.10. The molecular weight excluding hydrogens is 264 g/mol. The molecule has 0 amide bonds. The summed E-state index contributed by atoms with van der Waals surface area (Å²) in [4.78, 5) is 20.0. The number of thiazole rings is 1. The molecule has 6 nitrogen and oxygen atoms in total. The minimum atomic E-state index is -0.429. The first kappa shape index (κ1) is 13.4. The molecule has 0 spiro atoms. The number of rotatable bonds is 5. The van der Waals surface area contributed by atoms with Crippen LogP contribution in [-0.4, -0.2) is 14.9 Å². The van der Waals surface area contributed by atoms with E-state index in [1.807, 2.05) is 6.20 Å². The van der Waals surface area contributed by atoms with Crippen LogP contribution in [0.15, 0.2) is 18.5 Å². The van der Waals surface area contributed by atoms with Gasteiger partial charge in [-0.1, -0.05) is 6.92 Å². The van der Waals surface area contributed by atoms with Crippen molar-refractivity contribution in [2.75, 3.05) is 5.32 Å². The zero-order valence-corrected chi connectivity index (χ0v) is 11.5. The Labute approximate surface area is 114 Å². The van der Waals surface area contributed by atoms with Crippen molar-refractivity contribution >= 4 is 22.8 Å². The molecule has 2 aromatic rings. The molecule has 0 bridgehead atoms. The second-order valence-electron chi connectivity index (χ2n) is 4.06. The van der Waals surface area contributed by atoms with E-state index < -0.39 is 4.92 Å². The Hall–Kier alpha value is -2.02. The standard InChI is InChI=1S/C12H14N4O2S/c1-3-9-6-13-11(19-9)7-15-12-10(16(17)18)4-8(2)5-14-12/h4-6H,3,7H2,1-2H3,(H,14,15). The van der Waals surface area contributed by atoms with E-state index in [1.54, 1.807) is 24.5 Å². The van der Waals surface area contributed by atoms with Gasteiger partial charge in [0.05, 0.1) is 11.5 Å². The monoisotopic (exact) mass is 278 g/mol. The smallest absolute Gasteiger partial charge is 0.311 e. The van der Waals surface area contributed by atoms with Gasteiger partial charge in [0, 0.05) is 23.3 Å². The van der Waals surface area contributed by atoms with Gasteiger partial charge in [-0.15, -0.1) is 11.3 Å². The van der Waals surface area contributed by atoms with Crippen LogP contribution in [0.3, 0.4) is 0 Å². The fraction of sp³-hybridized carbons (Fsp3) is 0.333. The van der Waals surface area contributed by atoms with Gasteiger partial charge in [0.2, 0.25) is 5.82 Å². The van der Waals surface area contributed by atoms with E-state index in [0.717, 1.165) is 17.0 Å². The van der Waals surface area contributed by atoms with Crippen LogP contribution in [0.2, 0.25) is 0 Å². The molecule has 1 N–H and O–H groups in total. The van der Waals surface area contributed by atoms with Crippen LogP contribution in [0.4, 0.5) is 11.5 Å². The van der Waals surface area contributed by atoms with Gasteiger partial charge >= 0.3 is 5.69 Å². The van der Waals surface area contributed by atoms with Crippen LogP contribution < -0.4 is 5.32 Å². The number of aromatic nitrogens is 2. The molecule has 2 rings (SSSR count). The van der Waals surface area contributed by atoms with E-state index in [1.165, 1.54) is 10.9 Å². The summed E-state index contributed by atoms with van der Waals surface area (Å²) in [6.45, 7) is 4.29. The number of aryl methyl sites for hydroxylation is 2. The largest absolute Gasteiger partial charge is 0.358 e. The highest BCUT2D eigenvalue weighted by Crippen LogP contribution is 2.23. The third kappa shape index (κ3) is 3.25. The predicted octanol–water partition coefficient (Wildman–Crippen LogP) is 2.93. The molecule has 2 heterocycles. The van der Waals surface area contributed by atoms with Crippen LogP contribution >= 0.6 is 11.3 Å². The highest BCUT2D eigenvalue weighted by Gasteiger charge is 2.15. The second-order valence-corrected chi connectivity index (χ2v) is 5.26. The Morgan fingerprint density at radius 3 is 2.84 bits per heavy atom. The van der Waals surface area contributed by atoms with Crippen LogP contribution in [0.5, 0.6) is 0 Å². The van der Waals surface area contributed by atoms with Gasteiger partial charge in [-0.3, -0.25) is 10.1 Å². The molecule has 0 aliphatic heterocycles. The molecule has 0 aliphatic rings. The molecule has 0 aromatic carbocycles. The predicted molar refractivity (Wildman–Crippen MR) is 74.4 cm³/mol. The number of pyridine rings is 1. The van der Waals surface area contributed by atoms with E-state index >= 15 is 0 Å². The average Bonchev–Trinajstić information content (AvgIpc) is 2.85. The summed E-state index contributed by atoms with van der Waals surface area (Å²) in [6, 6.07) is 1.51. The summed E-state index contributed by atoms with van der Waals surface area (Å²) in [5.41, 5.74) is 0.757. The zero-order chi connectivity index (χ0) is 13.8. The van der Waals surface area contributed by atoms with Crippen LogP contribution in [0.25, 0.3) is 0 Å². The first-order valence-electron chi connectivity index (χ1n) is 5.88. The third-order valence-electron chi connectivity index (χ3n) is 2.56. The van der Waals surface area contributed by atoms with E-state index in [-0.39, 0.29) is 11.5 Å². The molecule has 0 radical (unpaired) electrons. The van der Waals surface area contributed by atoms with Gasteiger partial charge in [0.15, 0.2) is 0 Å². The van der Waals surface area contributed by atoms with E-state index in [4.69, 9.17) is 0 Å². The summed E-state index contributed by atoms with van der Waals surface area (Å²) in [5.74, 6) is 0.281. The molecule has 0 saturated heterocycles. The normalized spacial score (nSPS) is 10.4. The molecule has 19 heavy (non-hydrogen) atoms. The van der Waals surface area contributed by atoms with Crippen molar-refractivity contribution < 1.29 is 4.92 Å².